The van der Waals surface area contributed by atoms with E-state index in [0.29, 0.717) is 23.5 Å². The summed E-state index contributed by atoms with van der Waals surface area (Å²) >= 11 is 0. The van der Waals surface area contributed by atoms with E-state index in [0.717, 1.165) is 18.6 Å². The number of urea groups is 1. The van der Waals surface area contributed by atoms with E-state index >= 15 is 0 Å². The number of piperidine rings is 1. The quantitative estimate of drug-likeness (QED) is 0.867. The van der Waals surface area contributed by atoms with Crippen LogP contribution in [0, 0.1) is 0 Å². The van der Waals surface area contributed by atoms with Crippen LogP contribution in [-0.4, -0.2) is 36.1 Å². The van der Waals surface area contributed by atoms with E-state index in [1.165, 1.54) is 12.8 Å². The summed E-state index contributed by atoms with van der Waals surface area (Å²) in [7, 11) is 2.20. The summed E-state index contributed by atoms with van der Waals surface area (Å²) in [5.41, 5.74) is 0.671. The highest BCUT2D eigenvalue weighted by atomic mass is 16.5. The average Bonchev–Trinajstić information content (AvgIpc) is 2.85. The third kappa shape index (κ3) is 3.68. The number of ether oxygens (including phenoxy) is 1. The Balaban J connectivity index is 1.39. The van der Waals surface area contributed by atoms with Crippen molar-refractivity contribution >= 4 is 11.7 Å². The molecule has 1 unspecified atom stereocenters. The van der Waals surface area contributed by atoms with Crippen LogP contribution in [0.15, 0.2) is 54.6 Å². The Hall–Kier alpha value is -2.53. The molecule has 2 saturated heterocycles. The molecule has 26 heavy (non-hydrogen) atoms. The van der Waals surface area contributed by atoms with Crippen molar-refractivity contribution in [2.24, 2.45) is 0 Å². The number of nitrogens with one attached hydrogen (secondary N) is 2. The number of carbonyl (C=O) groups is 1. The number of rotatable bonds is 4. The molecule has 2 amide bonds. The normalized spacial score (nSPS) is 24.9. The zero-order chi connectivity index (χ0) is 17.9. The molecule has 2 fully saturated rings. The Bertz CT molecular complexity index is 751. The number of amides is 2. The second-order valence-corrected chi connectivity index (χ2v) is 7.23. The topological polar surface area (TPSA) is 53.6 Å². The van der Waals surface area contributed by atoms with Crippen LogP contribution in [0.5, 0.6) is 11.5 Å². The number of nitrogens with zero attached hydrogens (tertiary/aromatic N) is 1. The molecular formula is C21H25N3O2. The lowest BCUT2D eigenvalue weighted by molar-refractivity contribution is 0.151. The van der Waals surface area contributed by atoms with Gasteiger partial charge in [-0.3, -0.25) is 0 Å². The number of hydrogen-bond acceptors (Lipinski definition) is 3. The van der Waals surface area contributed by atoms with Gasteiger partial charge in [0.1, 0.15) is 5.75 Å². The van der Waals surface area contributed by atoms with Gasteiger partial charge < -0.3 is 20.3 Å². The summed E-state index contributed by atoms with van der Waals surface area (Å²) in [5.74, 6) is 1.38. The van der Waals surface area contributed by atoms with E-state index in [2.05, 4.69) is 22.6 Å². The predicted octanol–water partition coefficient (Wildman–Crippen LogP) is 4.23. The number of hydrogen-bond donors (Lipinski definition) is 2. The molecule has 2 N–H and O–H groups in total. The predicted molar refractivity (Wildman–Crippen MR) is 103 cm³/mol. The maximum atomic E-state index is 12.5. The van der Waals surface area contributed by atoms with Crippen LogP contribution >= 0.6 is 0 Å². The molecule has 3 atom stereocenters. The van der Waals surface area contributed by atoms with Gasteiger partial charge in [0.2, 0.25) is 0 Å². The first-order valence-corrected chi connectivity index (χ1v) is 9.30. The van der Waals surface area contributed by atoms with Crippen molar-refractivity contribution in [3.8, 4) is 11.5 Å². The molecule has 2 bridgehead atoms. The fraction of sp³-hybridized carbons (Fsp3) is 0.381. The van der Waals surface area contributed by atoms with E-state index in [9.17, 15) is 4.79 Å². The molecule has 0 aromatic heterocycles. The van der Waals surface area contributed by atoms with Crippen molar-refractivity contribution in [2.75, 3.05) is 12.4 Å². The van der Waals surface area contributed by atoms with E-state index in [-0.39, 0.29) is 12.1 Å². The highest BCUT2D eigenvalue weighted by Crippen LogP contribution is 2.34. The molecule has 0 aliphatic carbocycles. The number of benzene rings is 2. The highest BCUT2D eigenvalue weighted by molar-refractivity contribution is 5.91. The van der Waals surface area contributed by atoms with E-state index < -0.39 is 0 Å². The summed E-state index contributed by atoms with van der Waals surface area (Å²) in [6, 6.07) is 18.4. The van der Waals surface area contributed by atoms with Gasteiger partial charge >= 0.3 is 6.03 Å². The molecule has 0 radical (unpaired) electrons. The third-order valence-corrected chi connectivity index (χ3v) is 5.54. The van der Waals surface area contributed by atoms with Gasteiger partial charge in [0, 0.05) is 18.1 Å². The number of anilines is 1. The van der Waals surface area contributed by atoms with Crippen molar-refractivity contribution in [3.05, 3.63) is 54.6 Å². The number of para-hydroxylation sites is 3. The van der Waals surface area contributed by atoms with Crippen molar-refractivity contribution in [1.82, 2.24) is 10.2 Å². The molecule has 2 aliphatic rings. The van der Waals surface area contributed by atoms with Crippen molar-refractivity contribution < 1.29 is 9.53 Å². The van der Waals surface area contributed by atoms with Gasteiger partial charge in [-0.05, 0) is 57.0 Å². The molecule has 136 valence electrons. The van der Waals surface area contributed by atoms with Crippen LogP contribution in [0.4, 0.5) is 10.5 Å². The Morgan fingerprint density at radius 1 is 1.00 bits per heavy atom. The van der Waals surface area contributed by atoms with E-state index in [1.54, 1.807) is 0 Å². The Kier molecular flexibility index (Phi) is 4.80. The van der Waals surface area contributed by atoms with Crippen molar-refractivity contribution in [2.45, 2.75) is 43.8 Å². The lowest BCUT2D eigenvalue weighted by atomic mass is 9.98. The molecule has 5 nitrogen and oxygen atoms in total. The second-order valence-electron chi connectivity index (χ2n) is 7.23. The standard InChI is InChI=1S/C21H25N3O2/c1-24-16-11-12-17(24)14-15(13-16)22-21(25)23-19-9-5-6-10-20(19)26-18-7-3-2-4-8-18/h2-10,15-17H,11-14H2,1H3,(H2,22,23,25)/t15?,16-,17+. The van der Waals surface area contributed by atoms with Crippen LogP contribution in [0.25, 0.3) is 0 Å². The first kappa shape index (κ1) is 16.9. The fourth-order valence-electron chi connectivity index (χ4n) is 4.15. The molecular weight excluding hydrogens is 326 g/mol. The van der Waals surface area contributed by atoms with Gasteiger partial charge in [0.05, 0.1) is 5.69 Å². The summed E-state index contributed by atoms with van der Waals surface area (Å²) in [6.07, 6.45) is 4.55. The molecule has 5 heteroatoms. The Morgan fingerprint density at radius 2 is 1.65 bits per heavy atom. The maximum Gasteiger partial charge on any atom is 0.319 e. The zero-order valence-corrected chi connectivity index (χ0v) is 15.0. The Labute approximate surface area is 154 Å². The lowest BCUT2D eigenvalue weighted by Gasteiger charge is -2.36. The first-order chi connectivity index (χ1) is 12.7. The van der Waals surface area contributed by atoms with Gasteiger partial charge in [-0.1, -0.05) is 30.3 Å². The second kappa shape index (κ2) is 7.38. The smallest absolute Gasteiger partial charge is 0.319 e. The Morgan fingerprint density at radius 3 is 2.38 bits per heavy atom. The van der Waals surface area contributed by atoms with Crippen molar-refractivity contribution in [1.29, 1.82) is 0 Å². The van der Waals surface area contributed by atoms with Crippen molar-refractivity contribution in [3.63, 3.8) is 0 Å². The maximum absolute atomic E-state index is 12.5. The largest absolute Gasteiger partial charge is 0.455 e. The highest BCUT2D eigenvalue weighted by Gasteiger charge is 2.38. The summed E-state index contributed by atoms with van der Waals surface area (Å²) in [4.78, 5) is 15.0. The number of fused-ring (bicyclic) bond motifs is 2. The fourth-order valence-corrected chi connectivity index (χ4v) is 4.15. The van der Waals surface area contributed by atoms with E-state index in [1.807, 2.05) is 54.6 Å². The van der Waals surface area contributed by atoms with E-state index in [4.69, 9.17) is 4.74 Å². The summed E-state index contributed by atoms with van der Waals surface area (Å²) in [6.45, 7) is 0. The molecule has 2 aliphatic heterocycles. The van der Waals surface area contributed by atoms with Gasteiger partial charge in [0.15, 0.2) is 5.75 Å². The third-order valence-electron chi connectivity index (χ3n) is 5.54. The molecule has 4 rings (SSSR count). The summed E-state index contributed by atoms with van der Waals surface area (Å²) < 4.78 is 5.91. The SMILES string of the molecule is CN1[C@@H]2CC[C@H]1CC(NC(=O)Nc1ccccc1Oc1ccccc1)C2. The van der Waals surface area contributed by atoms with Crippen LogP contribution in [0.2, 0.25) is 0 Å². The minimum absolute atomic E-state index is 0.164. The van der Waals surface area contributed by atoms with Crippen LogP contribution in [0.1, 0.15) is 25.7 Å². The minimum Gasteiger partial charge on any atom is -0.455 e. The molecule has 2 heterocycles. The monoisotopic (exact) mass is 351 g/mol. The molecule has 2 aromatic carbocycles. The lowest BCUT2D eigenvalue weighted by Crippen LogP contribution is -2.49. The van der Waals surface area contributed by atoms with Gasteiger partial charge in [-0.2, -0.15) is 0 Å². The number of carbonyl (C=O) groups excluding carboxylic acids is 1. The molecule has 2 aromatic rings. The van der Waals surface area contributed by atoms with Crippen LogP contribution in [0.3, 0.4) is 0 Å². The first-order valence-electron chi connectivity index (χ1n) is 9.30. The molecule has 0 spiro atoms. The van der Waals surface area contributed by atoms with Gasteiger partial charge in [0.25, 0.3) is 0 Å². The molecule has 0 saturated carbocycles. The zero-order valence-electron chi connectivity index (χ0n) is 15.0. The average molecular weight is 351 g/mol. The minimum atomic E-state index is -0.164. The summed E-state index contributed by atoms with van der Waals surface area (Å²) in [5, 5.41) is 6.10. The van der Waals surface area contributed by atoms with Crippen LogP contribution in [-0.2, 0) is 0 Å². The van der Waals surface area contributed by atoms with Gasteiger partial charge in [-0.15, -0.1) is 0 Å². The van der Waals surface area contributed by atoms with Crippen LogP contribution < -0.4 is 15.4 Å². The van der Waals surface area contributed by atoms with Gasteiger partial charge in [-0.25, -0.2) is 4.79 Å².